The largest absolute Gasteiger partial charge is 0.457 e. The lowest BCUT2D eigenvalue weighted by atomic mass is 10.1. The summed E-state index contributed by atoms with van der Waals surface area (Å²) in [6, 6.07) is 11.9. The van der Waals surface area contributed by atoms with Crippen molar-refractivity contribution in [3.63, 3.8) is 0 Å². The molecule has 0 unspecified atom stereocenters. The van der Waals surface area contributed by atoms with E-state index in [0.29, 0.717) is 27.7 Å². The Kier molecular flexibility index (Phi) is 3.93. The molecule has 3 aromatic rings. The number of aromatic amines is 1. The van der Waals surface area contributed by atoms with Gasteiger partial charge in [-0.05, 0) is 49.4 Å². The zero-order valence-corrected chi connectivity index (χ0v) is 14.4. The molecule has 8 heteroatoms. The summed E-state index contributed by atoms with van der Waals surface area (Å²) in [4.78, 5) is 24.1. The molecule has 7 nitrogen and oxygen atoms in total. The Morgan fingerprint density at radius 1 is 1.12 bits per heavy atom. The summed E-state index contributed by atoms with van der Waals surface area (Å²) in [6.45, 7) is 1.97. The molecule has 1 aliphatic rings. The number of halogens is 1. The minimum atomic E-state index is -0.337. The summed E-state index contributed by atoms with van der Waals surface area (Å²) < 4.78 is 6.35. The first kappa shape index (κ1) is 16.3. The van der Waals surface area contributed by atoms with Gasteiger partial charge in [-0.25, -0.2) is 9.48 Å². The van der Waals surface area contributed by atoms with Crippen molar-refractivity contribution in [1.82, 2.24) is 9.78 Å². The molecule has 2 heterocycles. The van der Waals surface area contributed by atoms with Gasteiger partial charge in [0.1, 0.15) is 6.61 Å². The number of aromatic nitrogens is 2. The van der Waals surface area contributed by atoms with Gasteiger partial charge in [0.05, 0.1) is 22.6 Å². The predicted octanol–water partition coefficient (Wildman–Crippen LogP) is 4.21. The number of nitrogens with one attached hydrogen (secondary N) is 1. The van der Waals surface area contributed by atoms with Crippen LogP contribution in [-0.4, -0.2) is 15.7 Å². The van der Waals surface area contributed by atoms with E-state index in [-0.39, 0.29) is 23.8 Å². The molecule has 1 aromatic heterocycles. The van der Waals surface area contributed by atoms with Gasteiger partial charge in [-0.3, -0.25) is 9.89 Å². The first-order chi connectivity index (χ1) is 12.5. The highest BCUT2D eigenvalue weighted by molar-refractivity contribution is 6.30. The monoisotopic (exact) mass is 368 g/mol. The number of cyclic esters (lactones) is 1. The number of carbonyl (C=O) groups is 1. The number of esters is 1. The number of nitrogens with zero attached hydrogens (tertiary/aromatic N) is 3. The highest BCUT2D eigenvalue weighted by Gasteiger charge is 2.21. The Morgan fingerprint density at radius 2 is 1.88 bits per heavy atom. The Bertz CT molecular complexity index is 1100. The van der Waals surface area contributed by atoms with Crippen molar-refractivity contribution in [2.45, 2.75) is 13.5 Å². The van der Waals surface area contributed by atoms with E-state index in [1.54, 1.807) is 49.4 Å². The SMILES string of the molecule is Cc1[nH]n(-c2ccc(Cl)cc2)c(=O)c1N=Nc1ccc2c(c1)COC2=O. The Morgan fingerprint density at radius 3 is 2.65 bits per heavy atom. The summed E-state index contributed by atoms with van der Waals surface area (Å²) in [5.74, 6) is -0.337. The normalized spacial score (nSPS) is 13.2. The maximum absolute atomic E-state index is 12.6. The van der Waals surface area contributed by atoms with E-state index in [1.807, 2.05) is 0 Å². The van der Waals surface area contributed by atoms with Crippen LogP contribution in [0.1, 0.15) is 21.6 Å². The number of carbonyl (C=O) groups excluding carboxylic acids is 1. The van der Waals surface area contributed by atoms with Gasteiger partial charge in [0, 0.05) is 10.6 Å². The van der Waals surface area contributed by atoms with Crippen LogP contribution in [0.25, 0.3) is 5.69 Å². The van der Waals surface area contributed by atoms with Crippen LogP contribution in [0.3, 0.4) is 0 Å². The number of ether oxygens (including phenoxy) is 1. The van der Waals surface area contributed by atoms with Crippen molar-refractivity contribution in [2.24, 2.45) is 10.2 Å². The smallest absolute Gasteiger partial charge is 0.338 e. The minimum absolute atomic E-state index is 0.216. The van der Waals surface area contributed by atoms with Crippen LogP contribution in [0.15, 0.2) is 57.5 Å². The second kappa shape index (κ2) is 6.27. The van der Waals surface area contributed by atoms with Gasteiger partial charge in [0.25, 0.3) is 5.56 Å². The number of hydrogen-bond acceptors (Lipinski definition) is 5. The summed E-state index contributed by atoms with van der Waals surface area (Å²) in [7, 11) is 0. The van der Waals surface area contributed by atoms with Crippen molar-refractivity contribution in [2.75, 3.05) is 0 Å². The zero-order chi connectivity index (χ0) is 18.3. The molecular weight excluding hydrogens is 356 g/mol. The molecule has 0 saturated carbocycles. The van der Waals surface area contributed by atoms with E-state index in [9.17, 15) is 9.59 Å². The van der Waals surface area contributed by atoms with Crippen molar-refractivity contribution >= 4 is 28.9 Å². The van der Waals surface area contributed by atoms with Gasteiger partial charge in [-0.1, -0.05) is 11.6 Å². The number of fused-ring (bicyclic) bond motifs is 1. The van der Waals surface area contributed by atoms with Crippen LogP contribution < -0.4 is 5.56 Å². The number of H-pyrrole nitrogens is 1. The van der Waals surface area contributed by atoms with Crippen molar-refractivity contribution < 1.29 is 9.53 Å². The Balaban J connectivity index is 1.67. The molecule has 0 fully saturated rings. The van der Waals surface area contributed by atoms with Crippen LogP contribution in [0, 0.1) is 6.92 Å². The van der Waals surface area contributed by atoms with Gasteiger partial charge in [-0.2, -0.15) is 5.11 Å². The predicted molar refractivity (Wildman–Crippen MR) is 95.9 cm³/mol. The van der Waals surface area contributed by atoms with Crippen molar-refractivity contribution in [1.29, 1.82) is 0 Å². The molecule has 0 saturated heterocycles. The van der Waals surface area contributed by atoms with E-state index in [4.69, 9.17) is 16.3 Å². The van der Waals surface area contributed by atoms with Crippen LogP contribution >= 0.6 is 11.6 Å². The van der Waals surface area contributed by atoms with E-state index in [2.05, 4.69) is 15.3 Å². The number of azo groups is 1. The maximum Gasteiger partial charge on any atom is 0.338 e. The fourth-order valence-corrected chi connectivity index (χ4v) is 2.84. The molecule has 0 radical (unpaired) electrons. The Labute approximate surface area is 152 Å². The number of hydrogen-bond donors (Lipinski definition) is 1. The first-order valence-corrected chi connectivity index (χ1v) is 8.20. The third-order valence-electron chi connectivity index (χ3n) is 4.06. The first-order valence-electron chi connectivity index (χ1n) is 7.82. The molecule has 26 heavy (non-hydrogen) atoms. The molecule has 0 atom stereocenters. The highest BCUT2D eigenvalue weighted by Crippen LogP contribution is 2.26. The number of aryl methyl sites for hydroxylation is 1. The average Bonchev–Trinajstić information content (AvgIpc) is 3.14. The quantitative estimate of drug-likeness (QED) is 0.554. The van der Waals surface area contributed by atoms with Crippen molar-refractivity contribution in [3.05, 3.63) is 74.7 Å². The van der Waals surface area contributed by atoms with Crippen LogP contribution in [-0.2, 0) is 11.3 Å². The molecule has 1 N–H and O–H groups in total. The standard InChI is InChI=1S/C18H13ClN4O3/c1-10-16(17(24)23(22-10)14-5-2-12(19)3-6-14)21-20-13-4-7-15-11(8-13)9-26-18(15)25/h2-8,22H,9H2,1H3. The molecular formula is C18H13ClN4O3. The van der Waals surface area contributed by atoms with E-state index in [1.165, 1.54) is 4.68 Å². The second-order valence-corrected chi connectivity index (χ2v) is 6.26. The Hall–Kier alpha value is -3.19. The maximum atomic E-state index is 12.6. The lowest BCUT2D eigenvalue weighted by molar-refractivity contribution is 0.0535. The third kappa shape index (κ3) is 2.82. The fraction of sp³-hybridized carbons (Fsp3) is 0.111. The molecule has 0 bridgehead atoms. The van der Waals surface area contributed by atoms with E-state index >= 15 is 0 Å². The van der Waals surface area contributed by atoms with Gasteiger partial charge in [0.2, 0.25) is 0 Å². The second-order valence-electron chi connectivity index (χ2n) is 5.82. The molecule has 1 aliphatic heterocycles. The lowest BCUT2D eigenvalue weighted by Crippen LogP contribution is -2.13. The van der Waals surface area contributed by atoms with E-state index < -0.39 is 0 Å². The number of rotatable bonds is 3. The average molecular weight is 369 g/mol. The van der Waals surface area contributed by atoms with Gasteiger partial charge in [-0.15, -0.1) is 5.11 Å². The van der Waals surface area contributed by atoms with Gasteiger partial charge in [0.15, 0.2) is 5.69 Å². The number of benzene rings is 2. The summed E-state index contributed by atoms with van der Waals surface area (Å²) >= 11 is 5.88. The third-order valence-corrected chi connectivity index (χ3v) is 4.31. The van der Waals surface area contributed by atoms with Gasteiger partial charge < -0.3 is 4.74 Å². The zero-order valence-electron chi connectivity index (χ0n) is 13.7. The fourth-order valence-electron chi connectivity index (χ4n) is 2.72. The van der Waals surface area contributed by atoms with E-state index in [0.717, 1.165) is 5.56 Å². The van der Waals surface area contributed by atoms with Crippen LogP contribution in [0.4, 0.5) is 11.4 Å². The molecule has 130 valence electrons. The topological polar surface area (TPSA) is 88.8 Å². The summed E-state index contributed by atoms with van der Waals surface area (Å²) in [6.07, 6.45) is 0. The van der Waals surface area contributed by atoms with Crippen LogP contribution in [0.2, 0.25) is 5.02 Å². The van der Waals surface area contributed by atoms with Crippen LogP contribution in [0.5, 0.6) is 0 Å². The lowest BCUT2D eigenvalue weighted by Gasteiger charge is -2.00. The summed E-state index contributed by atoms with van der Waals surface area (Å²) in [5, 5.41) is 11.8. The summed E-state index contributed by atoms with van der Waals surface area (Å²) in [5.41, 5.74) is 2.98. The molecule has 4 rings (SSSR count). The molecule has 0 spiro atoms. The molecule has 0 aliphatic carbocycles. The molecule has 2 aromatic carbocycles. The van der Waals surface area contributed by atoms with Gasteiger partial charge >= 0.3 is 5.97 Å². The minimum Gasteiger partial charge on any atom is -0.457 e. The molecule has 0 amide bonds. The van der Waals surface area contributed by atoms with Crippen molar-refractivity contribution in [3.8, 4) is 5.69 Å². The highest BCUT2D eigenvalue weighted by atomic mass is 35.5.